The summed E-state index contributed by atoms with van der Waals surface area (Å²) in [5.41, 5.74) is 0. The molecule has 0 aliphatic heterocycles. The number of aliphatic carboxylic acids is 1. The molecule has 0 saturated carbocycles. The van der Waals surface area contributed by atoms with Gasteiger partial charge in [0.2, 0.25) is 0 Å². The van der Waals surface area contributed by atoms with E-state index in [2.05, 4.69) is 6.92 Å². The first-order valence-corrected chi connectivity index (χ1v) is 1.53. The SMILES string of the molecule is [2H]C([CH2-])(C)C(=O)O.[K+]. The molecule has 0 aromatic heterocycles. The molecule has 0 aliphatic rings. The summed E-state index contributed by atoms with van der Waals surface area (Å²) in [5, 5.41) is 8.00. The minimum atomic E-state index is -1.58. The molecule has 3 heteroatoms. The van der Waals surface area contributed by atoms with Gasteiger partial charge >= 0.3 is 51.4 Å². The number of carboxylic acid groups (broad SMARTS) is 1. The third-order valence-corrected chi connectivity index (χ3v) is 0.365. The van der Waals surface area contributed by atoms with Gasteiger partial charge in [0, 0.05) is 1.37 Å². The van der Waals surface area contributed by atoms with Crippen LogP contribution in [-0.4, -0.2) is 11.1 Å². The number of carboxylic acids is 1. The molecule has 0 aromatic rings. The van der Waals surface area contributed by atoms with E-state index in [1.54, 1.807) is 0 Å². The zero-order valence-electron chi connectivity index (χ0n) is 5.56. The second-order valence-electron chi connectivity index (χ2n) is 1.09. The summed E-state index contributed by atoms with van der Waals surface area (Å²) in [6.07, 6.45) is 0. The number of carbonyl (C=O) groups is 1. The van der Waals surface area contributed by atoms with Crippen LogP contribution in [0.2, 0.25) is 0 Å². The molecule has 7 heavy (non-hydrogen) atoms. The molecule has 1 N–H and O–H groups in total. The van der Waals surface area contributed by atoms with Gasteiger partial charge in [0.1, 0.15) is 0 Å². The van der Waals surface area contributed by atoms with Gasteiger partial charge in [0.05, 0.1) is 0 Å². The summed E-state index contributed by atoms with van der Waals surface area (Å²) in [4.78, 5) is 9.77. The van der Waals surface area contributed by atoms with E-state index in [1.165, 1.54) is 6.92 Å². The van der Waals surface area contributed by atoms with Crippen LogP contribution in [0.1, 0.15) is 8.29 Å². The molecule has 0 aromatic carbocycles. The second kappa shape index (κ2) is 5.25. The Hall–Kier alpha value is 1.11. The van der Waals surface area contributed by atoms with E-state index in [0.717, 1.165) is 0 Å². The normalized spacial score (nSPS) is 18.3. The zero-order valence-corrected chi connectivity index (χ0v) is 7.69. The Labute approximate surface area is 87.1 Å². The summed E-state index contributed by atoms with van der Waals surface area (Å²) in [6.45, 7) is 4.25. The van der Waals surface area contributed by atoms with Crippen molar-refractivity contribution in [3.05, 3.63) is 6.92 Å². The van der Waals surface area contributed by atoms with E-state index < -0.39 is 11.9 Å². The van der Waals surface area contributed by atoms with Crippen molar-refractivity contribution in [2.45, 2.75) is 6.92 Å². The molecule has 0 heterocycles. The van der Waals surface area contributed by atoms with E-state index in [1.807, 2.05) is 0 Å². The quantitative estimate of drug-likeness (QED) is 0.313. The van der Waals surface area contributed by atoms with Crippen LogP contribution in [-0.2, 0) is 4.79 Å². The average molecular weight is 127 g/mol. The predicted octanol–water partition coefficient (Wildman–Crippen LogP) is -2.45. The van der Waals surface area contributed by atoms with Crippen molar-refractivity contribution in [1.29, 1.82) is 0 Å². The fourth-order valence-electron chi connectivity index (χ4n) is 0. The first-order chi connectivity index (χ1) is 2.94. The molecule has 1 unspecified atom stereocenters. The van der Waals surface area contributed by atoms with Crippen molar-refractivity contribution < 1.29 is 62.7 Å². The van der Waals surface area contributed by atoms with E-state index in [9.17, 15) is 4.79 Å². The molecule has 1 atom stereocenters. The van der Waals surface area contributed by atoms with Gasteiger partial charge in [0.15, 0.2) is 0 Å². The van der Waals surface area contributed by atoms with Gasteiger partial charge in [0.25, 0.3) is 5.97 Å². The molecule has 2 nitrogen and oxygen atoms in total. The van der Waals surface area contributed by atoms with Crippen LogP contribution in [0.15, 0.2) is 0 Å². The van der Waals surface area contributed by atoms with Crippen LogP contribution in [0.5, 0.6) is 0 Å². The van der Waals surface area contributed by atoms with Crippen molar-refractivity contribution in [1.82, 2.24) is 0 Å². The van der Waals surface area contributed by atoms with Crippen LogP contribution in [0.4, 0.5) is 0 Å². The molecule has 36 valence electrons. The number of hydrogen-bond donors (Lipinski definition) is 1. The Morgan fingerprint density at radius 2 is 2.29 bits per heavy atom. The third-order valence-electron chi connectivity index (χ3n) is 0.365. The van der Waals surface area contributed by atoms with Gasteiger partial charge in [-0.3, -0.25) is 4.79 Å². The van der Waals surface area contributed by atoms with Crippen molar-refractivity contribution in [2.75, 3.05) is 0 Å². The summed E-state index contributed by atoms with van der Waals surface area (Å²) in [5.74, 6) is -2.78. The molecular formula is C4H7KO2. The van der Waals surface area contributed by atoms with E-state index in [-0.39, 0.29) is 51.4 Å². The molecule has 0 saturated heterocycles. The molecule has 0 radical (unpaired) electrons. The fraction of sp³-hybridized carbons (Fsp3) is 0.500. The summed E-state index contributed by atoms with van der Waals surface area (Å²) < 4.78 is 6.68. The van der Waals surface area contributed by atoms with E-state index in [0.29, 0.717) is 0 Å². The van der Waals surface area contributed by atoms with Crippen LogP contribution < -0.4 is 51.4 Å². The van der Waals surface area contributed by atoms with Crippen molar-refractivity contribution in [2.24, 2.45) is 5.89 Å². The van der Waals surface area contributed by atoms with E-state index >= 15 is 0 Å². The first kappa shape index (κ1) is 8.11. The Morgan fingerprint density at radius 3 is 2.29 bits per heavy atom. The predicted molar refractivity (Wildman–Crippen MR) is 22.2 cm³/mol. The summed E-state index contributed by atoms with van der Waals surface area (Å²) in [6, 6.07) is 0. The molecule has 0 aliphatic carbocycles. The zero-order chi connectivity index (χ0) is 6.08. The largest absolute Gasteiger partial charge is 1.00 e. The van der Waals surface area contributed by atoms with E-state index in [4.69, 9.17) is 6.48 Å². The van der Waals surface area contributed by atoms with Crippen molar-refractivity contribution >= 4 is 5.97 Å². The standard InChI is InChI=1S/C4H7O2.K/c1-3(2)4(5)6;/h3H,1H2,2H3,(H,5,6);/q-1;+1/i3D;. The van der Waals surface area contributed by atoms with Gasteiger partial charge in [-0.25, -0.2) is 0 Å². The molecule has 0 rings (SSSR count). The Balaban J connectivity index is 0. The topological polar surface area (TPSA) is 37.3 Å². The summed E-state index contributed by atoms with van der Waals surface area (Å²) >= 11 is 0. The van der Waals surface area contributed by atoms with Gasteiger partial charge in [-0.15, -0.1) is 0 Å². The first-order valence-electron chi connectivity index (χ1n) is 2.03. The smallest absolute Gasteiger partial charge is 0.483 e. The monoisotopic (exact) mass is 127 g/mol. The Morgan fingerprint density at radius 1 is 2.14 bits per heavy atom. The molecule has 0 fully saturated rings. The van der Waals surface area contributed by atoms with Gasteiger partial charge in [-0.1, -0.05) is 12.8 Å². The molecule has 0 spiro atoms. The van der Waals surface area contributed by atoms with Crippen LogP contribution in [0, 0.1) is 12.8 Å². The molecular weight excluding hydrogens is 119 g/mol. The van der Waals surface area contributed by atoms with Crippen LogP contribution in [0.25, 0.3) is 0 Å². The third kappa shape index (κ3) is 7.11. The van der Waals surface area contributed by atoms with Crippen molar-refractivity contribution in [3.63, 3.8) is 0 Å². The minimum Gasteiger partial charge on any atom is -0.483 e. The minimum absolute atomic E-state index is 0. The molecule has 0 bridgehead atoms. The Kier molecular flexibility index (Phi) is 6.08. The second-order valence-corrected chi connectivity index (χ2v) is 1.09. The number of rotatable bonds is 1. The van der Waals surface area contributed by atoms with Gasteiger partial charge in [-0.2, -0.15) is 0 Å². The maximum absolute atomic E-state index is 9.77. The fourth-order valence-corrected chi connectivity index (χ4v) is 0. The maximum atomic E-state index is 9.77. The maximum Gasteiger partial charge on any atom is 1.00 e. The van der Waals surface area contributed by atoms with Crippen LogP contribution >= 0.6 is 0 Å². The molecule has 0 amide bonds. The van der Waals surface area contributed by atoms with Gasteiger partial charge in [-0.05, 0) is 0 Å². The van der Waals surface area contributed by atoms with Crippen molar-refractivity contribution in [3.8, 4) is 0 Å². The Bertz CT molecular complexity index is 86.5. The summed E-state index contributed by atoms with van der Waals surface area (Å²) in [7, 11) is 0. The average Bonchev–Trinajstić information content (AvgIpc) is 1.31. The number of hydrogen-bond acceptors (Lipinski definition) is 1. The van der Waals surface area contributed by atoms with Crippen LogP contribution in [0.3, 0.4) is 0 Å². The van der Waals surface area contributed by atoms with Gasteiger partial charge < -0.3 is 12.0 Å².